The molecule has 0 aliphatic carbocycles. The van der Waals surface area contributed by atoms with Crippen molar-refractivity contribution in [3.05, 3.63) is 0 Å². The van der Waals surface area contributed by atoms with E-state index in [1.54, 1.807) is 34.6 Å². The quantitative estimate of drug-likeness (QED) is 0.128. The van der Waals surface area contributed by atoms with E-state index in [4.69, 9.17) is 31.2 Å². The molecule has 0 aromatic rings. The van der Waals surface area contributed by atoms with Gasteiger partial charge in [0.2, 0.25) is 0 Å². The van der Waals surface area contributed by atoms with Crippen LogP contribution in [0.3, 0.4) is 0 Å². The van der Waals surface area contributed by atoms with E-state index in [1.807, 2.05) is 34.6 Å². The van der Waals surface area contributed by atoms with Crippen LogP contribution in [-0.2, 0) is 18.9 Å². The zero-order valence-corrected chi connectivity index (χ0v) is 30.6. The summed E-state index contributed by atoms with van der Waals surface area (Å²) in [7, 11) is 0. The van der Waals surface area contributed by atoms with Crippen LogP contribution in [0.1, 0.15) is 94.9 Å². The van der Waals surface area contributed by atoms with Gasteiger partial charge in [0.25, 0.3) is 0 Å². The average Bonchev–Trinajstić information content (AvgIpc) is 2.77. The molecule has 0 spiro atoms. The third-order valence-electron chi connectivity index (χ3n) is 4.28. The number of carbonyl (C=O) groups excluding carboxylic acids is 2. The molecule has 0 aliphatic heterocycles. The number of rotatable bonds is 14. The largest absolute Gasteiger partial charge is 0.444 e. The van der Waals surface area contributed by atoms with Gasteiger partial charge in [-0.3, -0.25) is 0 Å². The fraction of sp³-hybridized carbons (Fsp3) is 0.929. The van der Waals surface area contributed by atoms with E-state index in [0.717, 1.165) is 0 Å². The van der Waals surface area contributed by atoms with Crippen molar-refractivity contribution in [3.8, 4) is 0 Å². The number of carbonyl (C=O) groups is 2. The molecule has 0 heterocycles. The number of ether oxygens (including phenoxy) is 4. The van der Waals surface area contributed by atoms with Gasteiger partial charge in [-0.25, -0.2) is 9.59 Å². The third kappa shape index (κ3) is 61.6. The first-order valence-electron chi connectivity index (χ1n) is 14.5. The van der Waals surface area contributed by atoms with Crippen molar-refractivity contribution in [2.24, 2.45) is 11.5 Å². The maximum absolute atomic E-state index is 11.6. The number of nitrogens with two attached hydrogens (primary N) is 2. The number of hydrogen-bond donors (Lipinski definition) is 6. The van der Waals surface area contributed by atoms with Gasteiger partial charge in [0, 0.05) is 37.4 Å². The van der Waals surface area contributed by atoms with Gasteiger partial charge in [0.15, 0.2) is 0 Å². The molecule has 0 aliphatic rings. The predicted molar refractivity (Wildman–Crippen MR) is 176 cm³/mol. The number of aliphatic hydroxyl groups is 2. The maximum atomic E-state index is 11.6. The topological polar surface area (TPSA) is 188 Å². The summed E-state index contributed by atoms with van der Waals surface area (Å²) in [5, 5.41) is 21.9. The Balaban J connectivity index is -0.000000120. The normalized spacial score (nSPS) is 13.3. The summed E-state index contributed by atoms with van der Waals surface area (Å²) >= 11 is 0. The summed E-state index contributed by atoms with van der Waals surface area (Å²) in [6.07, 6.45) is 1.04. The number of hydrogen-bond acceptors (Lipinski definition) is 10. The zero-order chi connectivity index (χ0) is 35.5. The van der Waals surface area contributed by atoms with E-state index in [1.165, 1.54) is 0 Å². The Morgan fingerprint density at radius 1 is 0.630 bits per heavy atom. The second-order valence-corrected chi connectivity index (χ2v) is 11.9. The van der Waals surface area contributed by atoms with Crippen LogP contribution in [0.4, 0.5) is 27.2 Å². The van der Waals surface area contributed by atoms with Crippen molar-refractivity contribution in [2.75, 3.05) is 26.4 Å². The highest BCUT2D eigenvalue weighted by atomic mass is 35.5. The van der Waals surface area contributed by atoms with Crippen LogP contribution in [0.25, 0.3) is 0 Å². The summed E-state index contributed by atoms with van der Waals surface area (Å²) in [5.41, 5.74) is 9.46. The number of nitrogens with one attached hydrogen (secondary N) is 2. The zero-order valence-electron chi connectivity index (χ0n) is 28.9. The van der Waals surface area contributed by atoms with E-state index < -0.39 is 36.6 Å². The van der Waals surface area contributed by atoms with Crippen LogP contribution >= 0.6 is 24.8 Å². The number of halogens is 6. The summed E-state index contributed by atoms with van der Waals surface area (Å²) in [6, 6.07) is -0.243. The number of alkyl carbamates (subject to hydrolysis) is 2. The molecule has 0 rings (SSSR count). The molecule has 0 aromatic heterocycles. The van der Waals surface area contributed by atoms with Crippen LogP contribution in [0.2, 0.25) is 0 Å². The minimum absolute atomic E-state index is 0. The first kappa shape index (κ1) is 56.9. The minimum atomic E-state index is -2.77. The molecule has 12 nitrogen and oxygen atoms in total. The van der Waals surface area contributed by atoms with E-state index in [0.29, 0.717) is 25.7 Å². The van der Waals surface area contributed by atoms with Gasteiger partial charge in [-0.05, 0) is 94.9 Å². The highest BCUT2D eigenvalue weighted by Gasteiger charge is 2.18. The Morgan fingerprint density at radius 3 is 1.17 bits per heavy atom. The van der Waals surface area contributed by atoms with Crippen molar-refractivity contribution in [3.63, 3.8) is 0 Å². The molecule has 0 aromatic carbocycles. The van der Waals surface area contributed by atoms with Crippen LogP contribution in [-0.4, -0.2) is 97.4 Å². The molecule has 284 valence electrons. The highest BCUT2D eigenvalue weighted by Crippen LogP contribution is 2.08. The Morgan fingerprint density at radius 2 is 0.935 bits per heavy atom. The molecular weight excluding hydrogens is 667 g/mol. The molecule has 0 saturated carbocycles. The molecular formula is C28H62Cl2F4N4O8. The third-order valence-corrected chi connectivity index (χ3v) is 4.28. The lowest BCUT2D eigenvalue weighted by atomic mass is 10.2. The fourth-order valence-electron chi connectivity index (χ4n) is 2.24. The average molecular weight is 730 g/mol. The summed E-state index contributed by atoms with van der Waals surface area (Å²) < 4.78 is 63.7. The Labute approximate surface area is 285 Å². The van der Waals surface area contributed by atoms with Gasteiger partial charge in [0.1, 0.15) is 11.2 Å². The van der Waals surface area contributed by atoms with Gasteiger partial charge in [-0.1, -0.05) is 0 Å². The molecule has 2 amide bonds. The first-order chi connectivity index (χ1) is 19.9. The lowest BCUT2D eigenvalue weighted by Crippen LogP contribution is -2.38. The lowest BCUT2D eigenvalue weighted by Gasteiger charge is -2.21. The lowest BCUT2D eigenvalue weighted by molar-refractivity contribution is -0.130. The minimum Gasteiger partial charge on any atom is -0.444 e. The molecule has 0 bridgehead atoms. The van der Waals surface area contributed by atoms with E-state index >= 15 is 0 Å². The Hall–Kier alpha value is -1.40. The van der Waals surface area contributed by atoms with E-state index in [2.05, 4.69) is 20.1 Å². The van der Waals surface area contributed by atoms with Crippen molar-refractivity contribution in [2.45, 2.75) is 144 Å². The monoisotopic (exact) mass is 728 g/mol. The van der Waals surface area contributed by atoms with Gasteiger partial charge >= 0.3 is 25.4 Å². The molecule has 0 saturated heterocycles. The van der Waals surface area contributed by atoms with Gasteiger partial charge in [-0.2, -0.15) is 17.6 Å². The summed E-state index contributed by atoms with van der Waals surface area (Å²) in [6.45, 7) is 12.6. The maximum Gasteiger partial charge on any atom is 0.407 e. The fourth-order valence-corrected chi connectivity index (χ4v) is 2.24. The second-order valence-electron chi connectivity index (χ2n) is 11.9. The highest BCUT2D eigenvalue weighted by molar-refractivity contribution is 5.85. The number of alkyl halides is 4. The molecule has 0 radical (unpaired) electrons. The van der Waals surface area contributed by atoms with Crippen molar-refractivity contribution < 1.29 is 56.3 Å². The SMILES string of the molecule is C[C@@H](CCO)NC(=O)OC(C)(C)C.C[C@@H](CCOC(F)F)NC(=O)OC(C)(C)C.C[C@H](N)CCO.C[C@H](N)CCOC(F)F.Cl.Cl. The van der Waals surface area contributed by atoms with Gasteiger partial charge < -0.3 is 51.3 Å². The number of amides is 2. The predicted octanol–water partition coefficient (Wildman–Crippen LogP) is 5.33. The molecule has 0 fully saturated rings. The first-order valence-corrected chi connectivity index (χ1v) is 14.5. The van der Waals surface area contributed by atoms with Crippen LogP contribution in [0, 0.1) is 0 Å². The summed E-state index contributed by atoms with van der Waals surface area (Å²) in [5.74, 6) is 0. The second kappa shape index (κ2) is 33.5. The van der Waals surface area contributed by atoms with Gasteiger partial charge in [0.05, 0.1) is 13.2 Å². The van der Waals surface area contributed by atoms with Crippen LogP contribution < -0.4 is 22.1 Å². The van der Waals surface area contributed by atoms with Gasteiger partial charge in [-0.15, -0.1) is 24.8 Å². The molecule has 46 heavy (non-hydrogen) atoms. The van der Waals surface area contributed by atoms with Crippen molar-refractivity contribution >= 4 is 37.0 Å². The Kier molecular flexibility index (Phi) is 41.4. The molecule has 4 atom stereocenters. The molecule has 0 unspecified atom stereocenters. The van der Waals surface area contributed by atoms with Crippen molar-refractivity contribution in [1.29, 1.82) is 0 Å². The van der Waals surface area contributed by atoms with Crippen molar-refractivity contribution in [1.82, 2.24) is 10.6 Å². The smallest absolute Gasteiger partial charge is 0.407 e. The number of aliphatic hydroxyl groups excluding tert-OH is 2. The molecule has 18 heteroatoms. The summed E-state index contributed by atoms with van der Waals surface area (Å²) in [4.78, 5) is 22.4. The standard InChI is InChI=1S/C10H19F2NO3.C9H19NO3.C5H11F2NO.C4H11NO.2ClH/c1-7(5-6-15-8(11)12)13-9(14)16-10(2,3)4;1-7(5-6-11)10-8(12)13-9(2,3)4;1-4(8)2-3-9-5(6)7;1-4(5)2-3-6;;/h7-8H,5-6H2,1-4H3,(H,13,14);7,11H,5-6H2,1-4H3,(H,10,12);4-5H,2-3,8H2,1H3;4,6H,2-3,5H2,1H3;2*1H/t2*7-;2*4-;;/m0000../s1. The Bertz CT molecular complexity index is 685. The molecule has 8 N–H and O–H groups in total. The van der Waals surface area contributed by atoms with Crippen LogP contribution in [0.15, 0.2) is 0 Å². The van der Waals surface area contributed by atoms with Crippen LogP contribution in [0.5, 0.6) is 0 Å². The van der Waals surface area contributed by atoms with E-state index in [9.17, 15) is 27.2 Å². The van der Waals surface area contributed by atoms with E-state index in [-0.39, 0.29) is 75.4 Å².